The monoisotopic (exact) mass is 488 g/mol. The molecule has 5 aromatic rings. The lowest BCUT2D eigenvalue weighted by molar-refractivity contribution is 0.0601. The number of fused-ring (bicyclic) bond motifs is 2. The highest BCUT2D eigenvalue weighted by Crippen LogP contribution is 2.27. The van der Waals surface area contributed by atoms with Crippen molar-refractivity contribution in [2.75, 3.05) is 7.11 Å². The fourth-order valence-corrected chi connectivity index (χ4v) is 4.84. The van der Waals surface area contributed by atoms with E-state index in [2.05, 4.69) is 0 Å². The Morgan fingerprint density at radius 2 is 1.91 bits per heavy atom. The van der Waals surface area contributed by atoms with Crippen LogP contribution in [0.1, 0.15) is 27.2 Å². The van der Waals surface area contributed by atoms with Gasteiger partial charge in [-0.15, -0.1) is 0 Å². The fraction of sp³-hybridized carbons (Fsp3) is 0.154. The normalized spacial score (nSPS) is 11.3. The van der Waals surface area contributed by atoms with E-state index in [0.29, 0.717) is 38.7 Å². The van der Waals surface area contributed by atoms with Gasteiger partial charge in [0.15, 0.2) is 5.16 Å². The number of hydrogen-bond donors (Lipinski definition) is 0. The molecule has 0 aliphatic carbocycles. The number of nitrogens with zero attached hydrogens (tertiary/aromatic N) is 2. The highest BCUT2D eigenvalue weighted by Gasteiger charge is 2.16. The van der Waals surface area contributed by atoms with Gasteiger partial charge in [-0.25, -0.2) is 14.6 Å². The van der Waals surface area contributed by atoms with Crippen molar-refractivity contribution in [1.82, 2.24) is 9.55 Å². The predicted octanol–water partition coefficient (Wildman–Crippen LogP) is 4.53. The summed E-state index contributed by atoms with van der Waals surface area (Å²) in [4.78, 5) is 42.3. The van der Waals surface area contributed by atoms with E-state index < -0.39 is 11.6 Å². The number of rotatable bonds is 6. The molecule has 0 saturated carbocycles. The quantitative estimate of drug-likeness (QED) is 0.149. The van der Waals surface area contributed by atoms with Crippen molar-refractivity contribution in [2.45, 2.75) is 24.4 Å². The van der Waals surface area contributed by atoms with Gasteiger partial charge in [0.1, 0.15) is 11.3 Å². The second kappa shape index (κ2) is 9.27. The topological polar surface area (TPSA) is 105 Å². The van der Waals surface area contributed by atoms with Gasteiger partial charge < -0.3 is 13.6 Å². The average molecular weight is 489 g/mol. The number of carbonyl (C=O) groups is 1. The number of hydrogen-bond acceptors (Lipinski definition) is 8. The van der Waals surface area contributed by atoms with Crippen molar-refractivity contribution in [3.05, 3.63) is 104 Å². The summed E-state index contributed by atoms with van der Waals surface area (Å²) in [7, 11) is 1.30. The summed E-state index contributed by atoms with van der Waals surface area (Å²) in [5.74, 6) is 0.459. The molecular weight excluding hydrogens is 468 g/mol. The summed E-state index contributed by atoms with van der Waals surface area (Å²) in [6.07, 6.45) is 1.54. The highest BCUT2D eigenvalue weighted by molar-refractivity contribution is 7.98. The van der Waals surface area contributed by atoms with Gasteiger partial charge in [0.2, 0.25) is 0 Å². The number of ether oxygens (including phenoxy) is 1. The van der Waals surface area contributed by atoms with Crippen molar-refractivity contribution in [3.8, 4) is 0 Å². The van der Waals surface area contributed by atoms with Gasteiger partial charge in [-0.05, 0) is 54.4 Å². The molecule has 2 aromatic carbocycles. The second-order valence-corrected chi connectivity index (χ2v) is 8.91. The summed E-state index contributed by atoms with van der Waals surface area (Å²) in [5.41, 5.74) is 2.23. The van der Waals surface area contributed by atoms with Crippen LogP contribution < -0.4 is 11.2 Å². The lowest BCUT2D eigenvalue weighted by Crippen LogP contribution is -2.24. The molecule has 176 valence electrons. The third-order valence-electron chi connectivity index (χ3n) is 5.58. The van der Waals surface area contributed by atoms with Crippen molar-refractivity contribution in [3.63, 3.8) is 0 Å². The van der Waals surface area contributed by atoms with Crippen LogP contribution in [0.2, 0.25) is 0 Å². The maximum atomic E-state index is 13.4. The summed E-state index contributed by atoms with van der Waals surface area (Å²) in [5, 5.41) is 1.61. The van der Waals surface area contributed by atoms with E-state index in [-0.39, 0.29) is 12.1 Å². The minimum Gasteiger partial charge on any atom is -0.467 e. The summed E-state index contributed by atoms with van der Waals surface area (Å²) >= 11 is 1.31. The molecule has 35 heavy (non-hydrogen) atoms. The highest BCUT2D eigenvalue weighted by atomic mass is 32.2. The molecule has 3 heterocycles. The van der Waals surface area contributed by atoms with Gasteiger partial charge >= 0.3 is 11.6 Å². The Morgan fingerprint density at radius 1 is 1.09 bits per heavy atom. The van der Waals surface area contributed by atoms with Crippen LogP contribution in [0.3, 0.4) is 0 Å². The van der Waals surface area contributed by atoms with Crippen molar-refractivity contribution in [1.29, 1.82) is 0 Å². The second-order valence-electron chi connectivity index (χ2n) is 7.97. The maximum Gasteiger partial charge on any atom is 0.337 e. The van der Waals surface area contributed by atoms with Crippen LogP contribution in [0.4, 0.5) is 0 Å². The minimum atomic E-state index is -0.513. The van der Waals surface area contributed by atoms with Gasteiger partial charge in [0.05, 0.1) is 36.4 Å². The molecular formula is C26H20N2O6S. The van der Waals surface area contributed by atoms with Crippen LogP contribution in [0.5, 0.6) is 0 Å². The van der Waals surface area contributed by atoms with Crippen LogP contribution in [0.25, 0.3) is 21.9 Å². The minimum absolute atomic E-state index is 0.187. The zero-order valence-corrected chi connectivity index (χ0v) is 19.8. The van der Waals surface area contributed by atoms with Gasteiger partial charge in [0.25, 0.3) is 5.56 Å². The molecule has 0 radical (unpaired) electrons. The van der Waals surface area contributed by atoms with E-state index in [1.54, 1.807) is 36.6 Å². The first-order chi connectivity index (χ1) is 16.9. The standard InChI is InChI=1S/C26H20N2O6S/c1-15-5-7-19-17(12-23(29)34-22(19)10-15)14-35-26-27-21-11-16(25(31)32-2)6-8-20(21)24(30)28(26)13-18-4-3-9-33-18/h3-12H,13-14H2,1-2H3. The first kappa shape index (κ1) is 22.7. The van der Waals surface area contributed by atoms with Gasteiger partial charge in [-0.2, -0.15) is 0 Å². The Morgan fingerprint density at radius 3 is 2.69 bits per heavy atom. The molecule has 5 rings (SSSR count). The number of esters is 1. The van der Waals surface area contributed by atoms with Crippen molar-refractivity contribution >= 4 is 39.6 Å². The van der Waals surface area contributed by atoms with E-state index >= 15 is 0 Å². The molecule has 0 aliphatic heterocycles. The number of carbonyl (C=O) groups excluding carboxylic acids is 1. The van der Waals surface area contributed by atoms with E-state index in [0.717, 1.165) is 16.5 Å². The van der Waals surface area contributed by atoms with E-state index in [4.69, 9.17) is 18.6 Å². The van der Waals surface area contributed by atoms with Crippen molar-refractivity contribution < 1.29 is 18.4 Å². The Bertz CT molecular complexity index is 1680. The summed E-state index contributed by atoms with van der Waals surface area (Å²) < 4.78 is 17.1. The van der Waals surface area contributed by atoms with Gasteiger partial charge in [0, 0.05) is 17.2 Å². The fourth-order valence-electron chi connectivity index (χ4n) is 3.85. The number of furan rings is 1. The molecule has 0 atom stereocenters. The van der Waals surface area contributed by atoms with Crippen LogP contribution in [0, 0.1) is 6.92 Å². The molecule has 0 saturated heterocycles. The van der Waals surface area contributed by atoms with Crippen LogP contribution in [-0.2, 0) is 17.0 Å². The smallest absolute Gasteiger partial charge is 0.337 e. The largest absolute Gasteiger partial charge is 0.467 e. The first-order valence-corrected chi connectivity index (χ1v) is 11.7. The Balaban J connectivity index is 1.61. The van der Waals surface area contributed by atoms with E-state index in [1.165, 1.54) is 29.5 Å². The number of methoxy groups -OCH3 is 1. The Hall–Kier alpha value is -4.11. The molecule has 0 bridgehead atoms. The number of benzene rings is 2. The Labute approximate surface area is 203 Å². The molecule has 3 aromatic heterocycles. The van der Waals surface area contributed by atoms with Crippen LogP contribution in [-0.4, -0.2) is 22.6 Å². The average Bonchev–Trinajstić information content (AvgIpc) is 3.36. The van der Waals surface area contributed by atoms with Gasteiger partial charge in [-0.3, -0.25) is 9.36 Å². The predicted molar refractivity (Wildman–Crippen MR) is 132 cm³/mol. The number of aromatic nitrogens is 2. The van der Waals surface area contributed by atoms with E-state index in [1.807, 2.05) is 25.1 Å². The molecule has 8 nitrogen and oxygen atoms in total. The molecule has 0 spiro atoms. The summed E-state index contributed by atoms with van der Waals surface area (Å²) in [6.45, 7) is 2.11. The SMILES string of the molecule is COC(=O)c1ccc2c(=O)n(Cc3ccco3)c(SCc3cc(=O)oc4cc(C)ccc34)nc2c1. The molecule has 0 amide bonds. The zero-order chi connectivity index (χ0) is 24.5. The van der Waals surface area contributed by atoms with Crippen LogP contribution in [0.15, 0.2) is 84.4 Å². The van der Waals surface area contributed by atoms with E-state index in [9.17, 15) is 14.4 Å². The third kappa shape index (κ3) is 4.50. The van der Waals surface area contributed by atoms with Crippen molar-refractivity contribution in [2.24, 2.45) is 0 Å². The molecule has 0 N–H and O–H groups in total. The molecule has 0 aliphatic rings. The zero-order valence-electron chi connectivity index (χ0n) is 18.9. The maximum absolute atomic E-state index is 13.4. The number of aryl methyl sites for hydroxylation is 1. The molecule has 0 unspecified atom stereocenters. The lowest BCUT2D eigenvalue weighted by Gasteiger charge is -2.13. The third-order valence-corrected chi connectivity index (χ3v) is 6.60. The Kier molecular flexibility index (Phi) is 6.00. The summed E-state index contributed by atoms with van der Waals surface area (Å²) in [6, 6.07) is 15.3. The molecule has 9 heteroatoms. The number of thioether (sulfide) groups is 1. The lowest BCUT2D eigenvalue weighted by atomic mass is 10.1. The van der Waals surface area contributed by atoms with Gasteiger partial charge in [-0.1, -0.05) is 23.9 Å². The molecule has 0 fully saturated rings. The first-order valence-electron chi connectivity index (χ1n) is 10.7. The van der Waals surface area contributed by atoms with Crippen LogP contribution >= 0.6 is 11.8 Å².